The molecule has 10 rings (SSSR count). The molecule has 0 unspecified atom stereocenters. The van der Waals surface area contributed by atoms with Gasteiger partial charge in [-0.25, -0.2) is 0 Å². The quantitative estimate of drug-likeness (QED) is 0.0367. The van der Waals surface area contributed by atoms with Gasteiger partial charge in [0.1, 0.15) is 17.2 Å². The van der Waals surface area contributed by atoms with E-state index in [-0.39, 0.29) is 23.5 Å². The third kappa shape index (κ3) is 25.5. The van der Waals surface area contributed by atoms with Gasteiger partial charge in [0.15, 0.2) is 0 Å². The van der Waals surface area contributed by atoms with Gasteiger partial charge in [-0.15, -0.1) is 0 Å². The minimum Gasteiger partial charge on any atom is -0.508 e. The number of carbonyl (C=O) groups is 3. The number of ether oxygens (including phenoxy) is 2. The third-order valence-electron chi connectivity index (χ3n) is 13.4. The van der Waals surface area contributed by atoms with E-state index in [1.807, 2.05) is 72.8 Å². The molecule has 0 spiro atoms. The second kappa shape index (κ2) is 40.6. The number of amides is 3. The Morgan fingerprint density at radius 2 is 0.915 bits per heavy atom. The molecule has 82 heavy (non-hydrogen) atoms. The van der Waals surface area contributed by atoms with Crippen molar-refractivity contribution in [1.29, 1.82) is 0 Å². The average molecular weight is 1740 g/mol. The molecule has 5 aliphatic heterocycles. The summed E-state index contributed by atoms with van der Waals surface area (Å²) in [5.74, 6) is 2.04. The number of hydrogen-bond donors (Lipinski definition) is 5. The van der Waals surface area contributed by atoms with Crippen LogP contribution in [0.4, 0.5) is 28.4 Å². The monoisotopic (exact) mass is 1730 g/mol. The summed E-state index contributed by atoms with van der Waals surface area (Å²) in [6.07, 6.45) is 10.9. The van der Waals surface area contributed by atoms with Crippen LogP contribution in [0.3, 0.4) is 0 Å². The largest absolute Gasteiger partial charge is 0.508 e. The minimum atomic E-state index is 0.0214. The van der Waals surface area contributed by atoms with E-state index < -0.39 is 0 Å². The van der Waals surface area contributed by atoms with E-state index in [1.165, 1.54) is 24.0 Å². The van der Waals surface area contributed by atoms with Crippen molar-refractivity contribution in [3.8, 4) is 17.2 Å². The molecule has 5 aromatic carbocycles. The summed E-state index contributed by atoms with van der Waals surface area (Å²) in [6, 6.07) is 28.5. The molecular weight excluding hydrogens is 1660 g/mol. The molecule has 5 N–H and O–H groups in total. The van der Waals surface area contributed by atoms with Crippen LogP contribution < -0.4 is 53.8 Å². The fourth-order valence-electron chi connectivity index (χ4n) is 9.04. The number of hydrogen-bond acceptors (Lipinski definition) is 10. The van der Waals surface area contributed by atoms with Crippen molar-refractivity contribution in [3.05, 3.63) is 128 Å². The molecule has 450 valence electrons. The molecule has 0 radical (unpaired) electrons. The molecule has 5 aromatic rings. The van der Waals surface area contributed by atoms with Crippen LogP contribution in [0.25, 0.3) is 0 Å². The first kappa shape index (κ1) is 71.0. The van der Waals surface area contributed by atoms with Gasteiger partial charge in [0.2, 0.25) is 17.7 Å². The summed E-state index contributed by atoms with van der Waals surface area (Å²) in [7, 11) is 0. The Bertz CT molecular complexity index is 2770. The van der Waals surface area contributed by atoms with E-state index in [0.29, 0.717) is 59.2 Å². The van der Waals surface area contributed by atoms with Crippen molar-refractivity contribution in [2.45, 2.75) is 77.0 Å². The third-order valence-corrected chi connectivity index (χ3v) is 16.7. The number of halogens is 10. The Morgan fingerprint density at radius 1 is 0.512 bits per heavy atom. The van der Waals surface area contributed by atoms with E-state index >= 15 is 0 Å². The molecule has 0 saturated carbocycles. The predicted molar refractivity (Wildman–Crippen MR) is 367 cm³/mol. The maximum atomic E-state index is 11.5. The first-order valence-corrected chi connectivity index (χ1v) is 44.8. The molecular formula is C59H72Br3Cl4I3N7O6-. The van der Waals surface area contributed by atoms with Gasteiger partial charge in [0.05, 0.1) is 44.7 Å². The summed E-state index contributed by atoms with van der Waals surface area (Å²) in [5.41, 5.74) is 8.07. The van der Waals surface area contributed by atoms with Crippen LogP contribution >= 0.6 is 131 Å². The molecule has 0 atom stereocenters. The zero-order valence-corrected chi connectivity index (χ0v) is 59.9. The number of aromatic hydroxyl groups is 1. The van der Waals surface area contributed by atoms with Crippen LogP contribution in [0.2, 0.25) is 20.1 Å². The number of nitrogens with zero attached hydrogens (tertiary/aromatic N) is 3. The molecule has 2 fully saturated rings. The van der Waals surface area contributed by atoms with Crippen LogP contribution in [0.5, 0.6) is 17.2 Å². The zero-order valence-electron chi connectivity index (χ0n) is 45.7. The maximum Gasteiger partial charge on any atom is 0.224 e. The smallest absolute Gasteiger partial charge is 0.224 e. The number of nitrogens with one attached hydrogen (secondary N) is 4. The number of anilines is 5. The first-order chi connectivity index (χ1) is 39.8. The average Bonchev–Trinajstić information content (AvgIpc) is 3.62. The van der Waals surface area contributed by atoms with Gasteiger partial charge in [0, 0.05) is 123 Å². The molecule has 5 heterocycles. The number of piperazine rings is 2. The Labute approximate surface area is 559 Å². The van der Waals surface area contributed by atoms with Crippen molar-refractivity contribution in [2.24, 2.45) is 0 Å². The van der Waals surface area contributed by atoms with Crippen molar-refractivity contribution in [2.75, 3.05) is 114 Å². The number of aryl methyl sites for hydroxylation is 3. The first-order valence-electron chi connectivity index (χ1n) is 27.4. The number of unbranched alkanes of at least 4 members (excludes halogenated alkanes) is 3. The molecule has 0 bridgehead atoms. The van der Waals surface area contributed by atoms with E-state index in [4.69, 9.17) is 61.0 Å². The molecule has 0 aliphatic carbocycles. The van der Waals surface area contributed by atoms with Crippen molar-refractivity contribution in [3.63, 3.8) is 0 Å². The fraction of sp³-hybridized carbons (Fsp3) is 0.441. The van der Waals surface area contributed by atoms with Gasteiger partial charge in [-0.05, 0) is 123 Å². The summed E-state index contributed by atoms with van der Waals surface area (Å²) in [4.78, 5) is 40.8. The van der Waals surface area contributed by atoms with Crippen molar-refractivity contribution < 1.29 is 42.2 Å². The molecule has 2 saturated heterocycles. The van der Waals surface area contributed by atoms with Crippen LogP contribution in [0, 0.1) is 0 Å². The van der Waals surface area contributed by atoms with Crippen molar-refractivity contribution in [1.82, 2.24) is 10.2 Å². The van der Waals surface area contributed by atoms with Gasteiger partial charge in [-0.1, -0.05) is 125 Å². The topological polar surface area (TPSA) is 148 Å². The van der Waals surface area contributed by atoms with Crippen LogP contribution in [0.1, 0.15) is 74.5 Å². The van der Waals surface area contributed by atoms with E-state index in [2.05, 4.69) is 127 Å². The number of alkyl halides is 3. The number of benzene rings is 5. The van der Waals surface area contributed by atoms with Gasteiger partial charge in [0.25, 0.3) is 0 Å². The number of phenolic OH excluding ortho intramolecular Hbond substituents is 1. The summed E-state index contributed by atoms with van der Waals surface area (Å²) >= 11 is 39.9. The predicted octanol–water partition coefficient (Wildman–Crippen LogP) is 13.0. The summed E-state index contributed by atoms with van der Waals surface area (Å²) in [5, 5.41) is 26.8. The zero-order chi connectivity index (χ0) is 59.1. The Balaban J connectivity index is 0.000000202. The second-order valence-electron chi connectivity index (χ2n) is 19.3. The Hall–Kier alpha value is -1.78. The summed E-state index contributed by atoms with van der Waals surface area (Å²) < 4.78 is 11.5. The van der Waals surface area contributed by atoms with E-state index in [0.717, 1.165) is 172 Å². The number of fused-ring (bicyclic) bond motifs is 3. The molecule has 3 amide bonds. The number of phenols is 1. The molecule has 23 heteroatoms. The van der Waals surface area contributed by atoms with Gasteiger partial charge < -0.3 is 45.6 Å². The van der Waals surface area contributed by atoms with Crippen molar-refractivity contribution >= 4 is 178 Å². The van der Waals surface area contributed by atoms with Crippen LogP contribution in [0.15, 0.2) is 91.0 Å². The molecule has 5 aliphatic rings. The molecule has 0 aromatic heterocycles. The van der Waals surface area contributed by atoms with Gasteiger partial charge in [-0.2, -0.15) is 0 Å². The van der Waals surface area contributed by atoms with E-state index in [1.54, 1.807) is 12.1 Å². The normalized spacial score (nSPS) is 15.2. The number of carbonyl (C=O) groups excluding carboxylic acids is 3. The Morgan fingerprint density at radius 3 is 1.37 bits per heavy atom. The van der Waals surface area contributed by atoms with Gasteiger partial charge >= 0.3 is 50.5 Å². The standard InChI is InChI=1S/C23H27Cl2N3O2.C13H16BrNO2.C10H12Cl2N2.C9H9NO2.C4H8Br2.I3/c24-19-4-3-5-21(23(19)25)28-13-11-27(12-14-28)10-1-2-15-30-18-8-6-17-7-9-22(29)26-20(17)16-18;14-7-1-2-8-17-11-5-3-10-4-6-13(16)15-12(10)9-11;11-8-2-1-3-9(10(8)12)14-6-4-13-5-7-14;11-7-3-1-6-2-4-9(12)10-8(6)5-7;5-3-1-2-4-6;1-3-2/h3-6,8,16H,1-2,7,9-15H2,(H,26,29);3,5,9H,1-2,4,6-8H2,(H,15,16);1-3,13H,4-7H2;1,3,5,11H,2,4H2,(H,10,12);1-4H2;/q;;;;;-1. The maximum absolute atomic E-state index is 11.5. The van der Waals surface area contributed by atoms with E-state index in [9.17, 15) is 14.4 Å². The SMILES string of the molecule is BrCCCCBr.Clc1cccc(N2CCNCC2)c1Cl.I[I-]I.O=C1CCc2ccc(O)cc2N1.O=C1CCc2ccc(OCCCCBr)cc2N1.O=C1CCc2ccc(OCCCCN3CCN(c4cccc(Cl)c4Cl)CC3)cc2N1. The van der Waals surface area contributed by atoms with Crippen LogP contribution in [-0.2, 0) is 33.6 Å². The minimum absolute atomic E-state index is 0.0214. The summed E-state index contributed by atoms with van der Waals surface area (Å²) in [6.45, 7) is 10.4. The van der Waals surface area contributed by atoms with Crippen LogP contribution in [-0.4, -0.2) is 116 Å². The number of rotatable bonds is 16. The fourth-order valence-corrected chi connectivity index (χ4v) is 11.1. The van der Waals surface area contributed by atoms with Gasteiger partial charge in [-0.3, -0.25) is 19.3 Å². The Kier molecular flexibility index (Phi) is 35.2. The second-order valence-corrected chi connectivity index (χ2v) is 39.5. The molecule has 13 nitrogen and oxygen atoms in total.